The second-order valence-electron chi connectivity index (χ2n) is 5.33. The van der Waals surface area contributed by atoms with Crippen LogP contribution in [0.15, 0.2) is 11.6 Å². The van der Waals surface area contributed by atoms with Crippen molar-refractivity contribution in [3.63, 3.8) is 0 Å². The van der Waals surface area contributed by atoms with Crippen LogP contribution in [0.5, 0.6) is 0 Å². The number of hydroxylamine groups is 2. The first-order chi connectivity index (χ1) is 7.09. The van der Waals surface area contributed by atoms with Crippen molar-refractivity contribution < 1.29 is 15.1 Å². The Morgan fingerprint density at radius 1 is 1.50 bits per heavy atom. The van der Waals surface area contributed by atoms with Gasteiger partial charge in [0.05, 0.1) is 11.1 Å². The Morgan fingerprint density at radius 2 is 2.00 bits per heavy atom. The molecular weight excluding hydrogens is 208 g/mol. The predicted molar refractivity (Wildman–Crippen MR) is 59.0 cm³/mol. The van der Waals surface area contributed by atoms with Crippen LogP contribution in [0.4, 0.5) is 0 Å². The number of nitrogens with two attached hydrogens (primary N) is 1. The van der Waals surface area contributed by atoms with Crippen molar-refractivity contribution in [2.24, 2.45) is 5.73 Å². The van der Waals surface area contributed by atoms with Crippen molar-refractivity contribution >= 4 is 5.97 Å². The van der Waals surface area contributed by atoms with Crippen LogP contribution in [0.25, 0.3) is 0 Å². The molecule has 5 nitrogen and oxygen atoms in total. The molecule has 5 heteroatoms. The van der Waals surface area contributed by atoms with Gasteiger partial charge < -0.3 is 10.8 Å². The van der Waals surface area contributed by atoms with E-state index in [4.69, 9.17) is 10.8 Å². The lowest BCUT2D eigenvalue weighted by Crippen LogP contribution is -2.47. The molecule has 1 aliphatic rings. The highest BCUT2D eigenvalue weighted by atomic mass is 16.5. The molecular formula is C11H19N2O3. The van der Waals surface area contributed by atoms with Crippen molar-refractivity contribution in [1.29, 1.82) is 0 Å². The predicted octanol–water partition coefficient (Wildman–Crippen LogP) is 0.933. The Balaban J connectivity index is 2.93. The molecule has 0 fully saturated rings. The summed E-state index contributed by atoms with van der Waals surface area (Å²) in [5, 5.41) is 21.7. The summed E-state index contributed by atoms with van der Waals surface area (Å²) in [6, 6.07) is -0.951. The maximum absolute atomic E-state index is 12.0. The summed E-state index contributed by atoms with van der Waals surface area (Å²) in [5.74, 6) is -1.04. The maximum atomic E-state index is 12.0. The van der Waals surface area contributed by atoms with Crippen LogP contribution in [-0.2, 0) is 10.0 Å². The normalized spacial score (nSPS) is 25.2. The molecule has 1 radical (unpaired) electrons. The zero-order chi connectivity index (χ0) is 12.7. The highest BCUT2D eigenvalue weighted by Gasteiger charge is 2.46. The van der Waals surface area contributed by atoms with Crippen molar-refractivity contribution in [3.8, 4) is 0 Å². The third-order valence-electron chi connectivity index (χ3n) is 3.10. The first-order valence-corrected chi connectivity index (χ1v) is 5.27. The van der Waals surface area contributed by atoms with E-state index < -0.39 is 23.1 Å². The molecule has 0 saturated heterocycles. The minimum atomic E-state index is -1.04. The minimum absolute atomic E-state index is 0.213. The van der Waals surface area contributed by atoms with E-state index in [0.717, 1.165) is 10.6 Å². The molecule has 0 aromatic rings. The Labute approximate surface area is 95.5 Å². The molecule has 0 amide bonds. The Bertz CT molecular complexity index is 334. The average molecular weight is 227 g/mol. The number of aliphatic carboxylic acids is 1. The highest BCUT2D eigenvalue weighted by molar-refractivity contribution is 5.73. The number of hydrogen-bond acceptors (Lipinski definition) is 3. The van der Waals surface area contributed by atoms with Crippen LogP contribution >= 0.6 is 0 Å². The summed E-state index contributed by atoms with van der Waals surface area (Å²) < 4.78 is 0. The third-order valence-corrected chi connectivity index (χ3v) is 3.10. The van der Waals surface area contributed by atoms with Crippen molar-refractivity contribution in [1.82, 2.24) is 5.06 Å². The van der Waals surface area contributed by atoms with Gasteiger partial charge in [-0.05, 0) is 39.7 Å². The molecule has 0 spiro atoms. The first kappa shape index (κ1) is 13.2. The lowest BCUT2D eigenvalue weighted by molar-refractivity contribution is -0.238. The fourth-order valence-corrected chi connectivity index (χ4v) is 2.15. The Kier molecular flexibility index (Phi) is 3.15. The van der Waals surface area contributed by atoms with Crippen molar-refractivity contribution in [2.75, 3.05) is 0 Å². The standard InChI is InChI=1S/C11H19N2O3/c1-10(2)6-7(5-8(12)9(14)15)11(3,4)13(10)16/h6,8H,5,12H2,1-4H3,(H,14,15). The number of rotatable bonds is 3. The molecule has 1 unspecified atom stereocenters. The van der Waals surface area contributed by atoms with E-state index in [2.05, 4.69) is 0 Å². The molecule has 16 heavy (non-hydrogen) atoms. The molecule has 0 bridgehead atoms. The quantitative estimate of drug-likeness (QED) is 0.702. The fourth-order valence-electron chi connectivity index (χ4n) is 2.15. The monoisotopic (exact) mass is 227 g/mol. The molecule has 91 valence electrons. The van der Waals surface area contributed by atoms with Crippen LogP contribution in [0.1, 0.15) is 34.1 Å². The minimum Gasteiger partial charge on any atom is -0.480 e. The molecule has 1 heterocycles. The molecule has 3 N–H and O–H groups in total. The lowest BCUT2D eigenvalue weighted by Gasteiger charge is -2.34. The zero-order valence-corrected chi connectivity index (χ0v) is 10.2. The smallest absolute Gasteiger partial charge is 0.320 e. The van der Waals surface area contributed by atoms with Gasteiger partial charge >= 0.3 is 5.97 Å². The maximum Gasteiger partial charge on any atom is 0.320 e. The van der Waals surface area contributed by atoms with Gasteiger partial charge in [0.25, 0.3) is 0 Å². The summed E-state index contributed by atoms with van der Waals surface area (Å²) in [7, 11) is 0. The van der Waals surface area contributed by atoms with E-state index in [1.165, 1.54) is 0 Å². The van der Waals surface area contributed by atoms with Gasteiger partial charge in [0.1, 0.15) is 6.04 Å². The molecule has 0 aromatic heterocycles. The lowest BCUT2D eigenvalue weighted by atomic mass is 9.91. The second-order valence-corrected chi connectivity index (χ2v) is 5.33. The van der Waals surface area contributed by atoms with Gasteiger partial charge in [-0.3, -0.25) is 4.79 Å². The molecule has 1 rings (SSSR count). The van der Waals surface area contributed by atoms with Gasteiger partial charge in [0.2, 0.25) is 0 Å². The second kappa shape index (κ2) is 3.84. The number of carbonyl (C=O) groups is 1. The van der Waals surface area contributed by atoms with Gasteiger partial charge in [-0.15, -0.1) is 10.3 Å². The highest BCUT2D eigenvalue weighted by Crippen LogP contribution is 2.40. The van der Waals surface area contributed by atoms with Gasteiger partial charge in [-0.2, -0.15) is 0 Å². The zero-order valence-electron chi connectivity index (χ0n) is 10.2. The van der Waals surface area contributed by atoms with E-state index in [1.54, 1.807) is 27.7 Å². The van der Waals surface area contributed by atoms with Gasteiger partial charge in [-0.25, -0.2) is 0 Å². The number of hydrogen-bond donors (Lipinski definition) is 2. The van der Waals surface area contributed by atoms with E-state index in [1.807, 2.05) is 6.08 Å². The molecule has 1 aliphatic heterocycles. The van der Waals surface area contributed by atoms with Crippen molar-refractivity contribution in [2.45, 2.75) is 51.2 Å². The van der Waals surface area contributed by atoms with E-state index >= 15 is 0 Å². The van der Waals surface area contributed by atoms with Gasteiger partial charge in [0.15, 0.2) is 0 Å². The van der Waals surface area contributed by atoms with Gasteiger partial charge in [0, 0.05) is 0 Å². The Morgan fingerprint density at radius 3 is 2.31 bits per heavy atom. The molecule has 0 aromatic carbocycles. The SMILES string of the molecule is CC1(C)C=C(CC(N)C(=O)O)C(C)(C)N1[O]. The van der Waals surface area contributed by atoms with E-state index in [9.17, 15) is 10.0 Å². The summed E-state index contributed by atoms with van der Waals surface area (Å²) >= 11 is 0. The topological polar surface area (TPSA) is 86.5 Å². The van der Waals surface area contributed by atoms with E-state index in [-0.39, 0.29) is 6.42 Å². The van der Waals surface area contributed by atoms with Crippen LogP contribution in [-0.4, -0.2) is 33.3 Å². The van der Waals surface area contributed by atoms with Crippen molar-refractivity contribution in [3.05, 3.63) is 11.6 Å². The summed E-state index contributed by atoms with van der Waals surface area (Å²) in [5.41, 5.74) is 5.00. The number of nitrogens with zero attached hydrogens (tertiary/aromatic N) is 1. The van der Waals surface area contributed by atoms with Crippen LogP contribution in [0.3, 0.4) is 0 Å². The number of carboxylic acids is 1. The largest absolute Gasteiger partial charge is 0.480 e. The molecule has 0 aliphatic carbocycles. The summed E-state index contributed by atoms with van der Waals surface area (Å²) in [6.07, 6.45) is 2.04. The van der Waals surface area contributed by atoms with Crippen LogP contribution in [0.2, 0.25) is 0 Å². The summed E-state index contributed by atoms with van der Waals surface area (Å²) in [6.45, 7) is 7.19. The van der Waals surface area contributed by atoms with Crippen LogP contribution in [0, 0.1) is 0 Å². The molecule has 0 saturated carbocycles. The van der Waals surface area contributed by atoms with E-state index in [0.29, 0.717) is 0 Å². The van der Waals surface area contributed by atoms with Crippen LogP contribution < -0.4 is 5.73 Å². The van der Waals surface area contributed by atoms with Gasteiger partial charge in [-0.1, -0.05) is 6.08 Å². The Hall–Kier alpha value is -0.910. The summed E-state index contributed by atoms with van der Waals surface area (Å²) in [4.78, 5) is 10.7. The fraction of sp³-hybridized carbons (Fsp3) is 0.727. The molecule has 1 atom stereocenters. The third kappa shape index (κ3) is 2.11. The first-order valence-electron chi connectivity index (χ1n) is 5.27. The average Bonchev–Trinajstić information content (AvgIpc) is 2.27. The number of carboxylic acid groups (broad SMARTS) is 1.